The van der Waals surface area contributed by atoms with Crippen molar-refractivity contribution in [1.29, 1.82) is 0 Å². The molecule has 0 fully saturated rings. The van der Waals surface area contributed by atoms with Gasteiger partial charge in [-0.3, -0.25) is 0 Å². The van der Waals surface area contributed by atoms with Crippen LogP contribution in [0.15, 0.2) is 10.3 Å². The highest BCUT2D eigenvalue weighted by molar-refractivity contribution is 5.94. The summed E-state index contributed by atoms with van der Waals surface area (Å²) < 4.78 is 0. The molecule has 8 heteroatoms. The van der Waals surface area contributed by atoms with Crippen LogP contribution in [-0.2, 0) is 9.68 Å². The molecule has 8 nitrogen and oxygen atoms in total. The highest BCUT2D eigenvalue weighted by Gasteiger charge is 2.27. The van der Waals surface area contributed by atoms with Gasteiger partial charge in [-0.25, -0.2) is 0 Å². The summed E-state index contributed by atoms with van der Waals surface area (Å²) >= 11 is 0. The molecule has 0 aromatic heterocycles. The van der Waals surface area contributed by atoms with Crippen LogP contribution in [0.3, 0.4) is 0 Å². The van der Waals surface area contributed by atoms with Crippen LogP contribution in [0.4, 0.5) is 0 Å². The van der Waals surface area contributed by atoms with Crippen molar-refractivity contribution < 1.29 is 30.1 Å². The minimum absolute atomic E-state index is 0.306. The first-order valence-corrected chi connectivity index (χ1v) is 4.41. The molecule has 0 aliphatic heterocycles. The first kappa shape index (κ1) is 14.8. The normalized spacial score (nSPS) is 18.2. The molecule has 0 rings (SSSR count). The Kier molecular flexibility index (Phi) is 7.38. The molecule has 0 aliphatic carbocycles. The lowest BCUT2D eigenvalue weighted by molar-refractivity contribution is 0.0768. The highest BCUT2D eigenvalue weighted by Crippen LogP contribution is 2.01. The zero-order valence-electron chi connectivity index (χ0n) is 9.02. The summed E-state index contributed by atoms with van der Waals surface area (Å²) in [6.07, 6.45) is -3.50. The fourth-order valence-corrected chi connectivity index (χ4v) is 0.891. The van der Waals surface area contributed by atoms with Gasteiger partial charge in [-0.15, -0.1) is 0 Å². The van der Waals surface area contributed by atoms with E-state index in [0.29, 0.717) is 0 Å². The molecule has 4 N–H and O–H groups in total. The molecule has 0 aromatic rings. The third-order valence-corrected chi connectivity index (χ3v) is 1.66. The molecule has 0 saturated heterocycles. The van der Waals surface area contributed by atoms with E-state index in [9.17, 15) is 15.3 Å². The molecule has 3 unspecified atom stereocenters. The average Bonchev–Trinajstić information content (AvgIpc) is 2.31. The predicted octanol–water partition coefficient (Wildman–Crippen LogP) is -2.30. The fraction of sp³-hybridized carbons (Fsp3) is 0.750. The smallest absolute Gasteiger partial charge is 0.129 e. The summed E-state index contributed by atoms with van der Waals surface area (Å²) in [6, 6.07) is 0. The number of nitrogens with zero attached hydrogens (tertiary/aromatic N) is 2. The molecule has 0 radical (unpaired) electrons. The Morgan fingerprint density at radius 3 is 2.31 bits per heavy atom. The van der Waals surface area contributed by atoms with Crippen molar-refractivity contribution >= 4 is 11.9 Å². The highest BCUT2D eigenvalue weighted by atomic mass is 16.6. The zero-order chi connectivity index (χ0) is 12.6. The van der Waals surface area contributed by atoms with Crippen LogP contribution in [0.5, 0.6) is 0 Å². The van der Waals surface area contributed by atoms with Gasteiger partial charge in [0.1, 0.15) is 38.2 Å². The van der Waals surface area contributed by atoms with Crippen molar-refractivity contribution in [2.24, 2.45) is 10.3 Å². The van der Waals surface area contributed by atoms with Gasteiger partial charge in [0, 0.05) is 0 Å². The molecule has 16 heavy (non-hydrogen) atoms. The van der Waals surface area contributed by atoms with E-state index < -0.39 is 24.9 Å². The van der Waals surface area contributed by atoms with Crippen molar-refractivity contribution in [2.75, 3.05) is 20.8 Å². The van der Waals surface area contributed by atoms with Crippen LogP contribution in [0.2, 0.25) is 0 Å². The molecule has 0 bridgehead atoms. The van der Waals surface area contributed by atoms with E-state index in [1.165, 1.54) is 14.2 Å². The van der Waals surface area contributed by atoms with Gasteiger partial charge in [0.2, 0.25) is 0 Å². The van der Waals surface area contributed by atoms with Gasteiger partial charge in [-0.2, -0.15) is 0 Å². The maximum absolute atomic E-state index is 9.56. The molecule has 0 aromatic carbocycles. The van der Waals surface area contributed by atoms with Gasteiger partial charge in [-0.1, -0.05) is 10.3 Å². The van der Waals surface area contributed by atoms with E-state index in [1.807, 2.05) is 0 Å². The minimum Gasteiger partial charge on any atom is -0.399 e. The maximum atomic E-state index is 9.56. The number of rotatable bonds is 7. The number of hydrogen-bond acceptors (Lipinski definition) is 8. The molecule has 94 valence electrons. The van der Waals surface area contributed by atoms with E-state index in [0.717, 1.165) is 6.21 Å². The van der Waals surface area contributed by atoms with Crippen LogP contribution in [0.1, 0.15) is 0 Å². The molecule has 0 heterocycles. The Morgan fingerprint density at radius 1 is 1.25 bits per heavy atom. The summed E-state index contributed by atoms with van der Waals surface area (Å²) in [5.74, 6) is 0. The fourth-order valence-electron chi connectivity index (χ4n) is 0.891. The summed E-state index contributed by atoms with van der Waals surface area (Å²) in [4.78, 5) is 8.68. The third kappa shape index (κ3) is 4.53. The van der Waals surface area contributed by atoms with Gasteiger partial charge >= 0.3 is 0 Å². The monoisotopic (exact) mass is 236 g/mol. The van der Waals surface area contributed by atoms with E-state index in [1.54, 1.807) is 0 Å². The molecule has 0 amide bonds. The zero-order valence-corrected chi connectivity index (χ0v) is 9.02. The van der Waals surface area contributed by atoms with E-state index in [2.05, 4.69) is 20.0 Å². The molecule has 3 atom stereocenters. The Balaban J connectivity index is 4.67. The summed E-state index contributed by atoms with van der Waals surface area (Å²) in [5.41, 5.74) is -0.306. The predicted molar refractivity (Wildman–Crippen MR) is 55.1 cm³/mol. The second-order valence-electron chi connectivity index (χ2n) is 2.77. The Hall–Kier alpha value is -1.22. The molecule has 0 saturated carbocycles. The van der Waals surface area contributed by atoms with Crippen LogP contribution >= 0.6 is 0 Å². The molecule has 0 spiro atoms. The number of aliphatic hydroxyl groups is 4. The largest absolute Gasteiger partial charge is 0.399 e. The Labute approximate surface area is 92.4 Å². The Bertz CT molecular complexity index is 245. The molecule has 0 aliphatic rings. The third-order valence-electron chi connectivity index (χ3n) is 1.66. The van der Waals surface area contributed by atoms with Gasteiger partial charge in [0.05, 0.1) is 12.8 Å². The van der Waals surface area contributed by atoms with Crippen LogP contribution in [-0.4, -0.2) is 71.5 Å². The van der Waals surface area contributed by atoms with Crippen LogP contribution in [0.25, 0.3) is 0 Å². The summed E-state index contributed by atoms with van der Waals surface area (Å²) in [7, 11) is 2.47. The summed E-state index contributed by atoms with van der Waals surface area (Å²) in [6.45, 7) is -0.659. The van der Waals surface area contributed by atoms with E-state index in [4.69, 9.17) is 5.11 Å². The lowest BCUT2D eigenvalue weighted by Gasteiger charge is -2.18. The van der Waals surface area contributed by atoms with Gasteiger partial charge < -0.3 is 30.1 Å². The van der Waals surface area contributed by atoms with Crippen molar-refractivity contribution in [1.82, 2.24) is 0 Å². The van der Waals surface area contributed by atoms with E-state index >= 15 is 0 Å². The SMILES string of the molecule is CO/N=C/C(O)C(O)/C(=N/OC)C(O)CO. The summed E-state index contributed by atoms with van der Waals surface area (Å²) in [5, 5.41) is 43.5. The van der Waals surface area contributed by atoms with Crippen molar-refractivity contribution in [3.63, 3.8) is 0 Å². The number of hydrogen-bond donors (Lipinski definition) is 4. The number of oxime groups is 2. The second-order valence-corrected chi connectivity index (χ2v) is 2.77. The van der Waals surface area contributed by atoms with Gasteiger partial charge in [0.25, 0.3) is 0 Å². The van der Waals surface area contributed by atoms with Crippen molar-refractivity contribution in [2.45, 2.75) is 18.3 Å². The lowest BCUT2D eigenvalue weighted by atomic mass is 10.1. The second kappa shape index (κ2) is 7.99. The minimum atomic E-state index is -1.55. The molecular formula is C8H16N2O6. The molecular weight excluding hydrogens is 220 g/mol. The van der Waals surface area contributed by atoms with Crippen LogP contribution in [0, 0.1) is 0 Å². The number of aliphatic hydroxyl groups excluding tert-OH is 4. The first-order valence-electron chi connectivity index (χ1n) is 4.41. The van der Waals surface area contributed by atoms with Gasteiger partial charge in [0.15, 0.2) is 0 Å². The van der Waals surface area contributed by atoms with Crippen molar-refractivity contribution in [3.05, 3.63) is 0 Å². The van der Waals surface area contributed by atoms with Crippen molar-refractivity contribution in [3.8, 4) is 0 Å². The standard InChI is InChI=1S/C8H16N2O6/c1-15-9-3-5(12)8(14)7(10-16-2)6(13)4-11/h3,5-6,8,11-14H,4H2,1-2H3/b9-3+,10-7+. The van der Waals surface area contributed by atoms with Gasteiger partial charge in [-0.05, 0) is 0 Å². The average molecular weight is 236 g/mol. The van der Waals surface area contributed by atoms with E-state index in [-0.39, 0.29) is 5.71 Å². The maximum Gasteiger partial charge on any atom is 0.129 e. The van der Waals surface area contributed by atoms with Crippen LogP contribution < -0.4 is 0 Å². The first-order chi connectivity index (χ1) is 7.58. The lowest BCUT2D eigenvalue weighted by Crippen LogP contribution is -2.43. The topological polar surface area (TPSA) is 124 Å². The Morgan fingerprint density at radius 2 is 1.88 bits per heavy atom. The quantitative estimate of drug-likeness (QED) is 0.291.